The second-order valence-electron chi connectivity index (χ2n) is 4.37. The van der Waals surface area contributed by atoms with E-state index in [2.05, 4.69) is 4.72 Å². The van der Waals surface area contributed by atoms with Gasteiger partial charge in [0.05, 0.1) is 0 Å². The quantitative estimate of drug-likeness (QED) is 0.886. The van der Waals surface area contributed by atoms with Crippen LogP contribution in [-0.4, -0.2) is 8.42 Å². The van der Waals surface area contributed by atoms with Crippen LogP contribution in [0.25, 0.3) is 0 Å². The van der Waals surface area contributed by atoms with Gasteiger partial charge in [0, 0.05) is 13.1 Å². The second-order valence-corrected chi connectivity index (χ2v) is 6.11. The van der Waals surface area contributed by atoms with Crippen molar-refractivity contribution < 1.29 is 17.2 Å². The van der Waals surface area contributed by atoms with Crippen LogP contribution >= 0.6 is 0 Å². The van der Waals surface area contributed by atoms with E-state index in [0.717, 1.165) is 17.7 Å². The Hall–Kier alpha value is -1.83. The van der Waals surface area contributed by atoms with Crippen molar-refractivity contribution in [2.24, 2.45) is 5.73 Å². The fourth-order valence-corrected chi connectivity index (χ4v) is 2.96. The van der Waals surface area contributed by atoms with Crippen LogP contribution in [0.3, 0.4) is 0 Å². The van der Waals surface area contributed by atoms with Crippen molar-refractivity contribution in [1.29, 1.82) is 0 Å². The highest BCUT2D eigenvalue weighted by atomic mass is 32.2. The molecule has 0 saturated heterocycles. The van der Waals surface area contributed by atoms with E-state index in [-0.39, 0.29) is 13.1 Å². The Bertz CT molecular complexity index is 748. The van der Waals surface area contributed by atoms with Crippen molar-refractivity contribution >= 4 is 10.0 Å². The van der Waals surface area contributed by atoms with Gasteiger partial charge in [-0.1, -0.05) is 24.3 Å². The predicted molar refractivity (Wildman–Crippen MR) is 74.7 cm³/mol. The molecule has 0 heterocycles. The molecule has 0 aliphatic heterocycles. The fourth-order valence-electron chi connectivity index (χ4n) is 1.86. The fraction of sp³-hybridized carbons (Fsp3) is 0.143. The lowest BCUT2D eigenvalue weighted by molar-refractivity contribution is 0.545. The summed E-state index contributed by atoms with van der Waals surface area (Å²) in [5.41, 5.74) is 7.02. The Balaban J connectivity index is 2.24. The highest BCUT2D eigenvalue weighted by molar-refractivity contribution is 7.89. The zero-order valence-corrected chi connectivity index (χ0v) is 11.8. The SMILES string of the molecule is NCc1ccccc1CNS(=O)(=O)c1cc(F)ccc1F. The summed E-state index contributed by atoms with van der Waals surface area (Å²) < 4.78 is 52.9. The van der Waals surface area contributed by atoms with E-state index >= 15 is 0 Å². The number of nitrogens with two attached hydrogens (primary N) is 1. The maximum Gasteiger partial charge on any atom is 0.243 e. The first kappa shape index (κ1) is 15.6. The van der Waals surface area contributed by atoms with Crippen LogP contribution in [0.2, 0.25) is 0 Å². The first-order valence-corrected chi connectivity index (χ1v) is 7.64. The third kappa shape index (κ3) is 3.63. The summed E-state index contributed by atoms with van der Waals surface area (Å²) in [6, 6.07) is 9.29. The van der Waals surface area contributed by atoms with Gasteiger partial charge in [-0.05, 0) is 29.3 Å². The van der Waals surface area contributed by atoms with Crippen LogP contribution in [0.5, 0.6) is 0 Å². The summed E-state index contributed by atoms with van der Waals surface area (Å²) >= 11 is 0. The molecule has 2 aromatic carbocycles. The number of nitrogens with one attached hydrogen (secondary N) is 1. The van der Waals surface area contributed by atoms with Crippen LogP contribution in [0.4, 0.5) is 8.78 Å². The molecule has 0 radical (unpaired) electrons. The van der Waals surface area contributed by atoms with Crippen LogP contribution in [0.15, 0.2) is 47.4 Å². The minimum Gasteiger partial charge on any atom is -0.326 e. The molecule has 0 fully saturated rings. The van der Waals surface area contributed by atoms with Crippen LogP contribution in [0.1, 0.15) is 11.1 Å². The standard InChI is InChI=1S/C14H14F2N2O2S/c15-12-5-6-13(16)14(7-12)21(19,20)18-9-11-4-2-1-3-10(11)8-17/h1-7,18H,8-9,17H2. The summed E-state index contributed by atoms with van der Waals surface area (Å²) in [7, 11) is -4.14. The minimum absolute atomic E-state index is 0.0499. The number of hydrogen-bond acceptors (Lipinski definition) is 3. The van der Waals surface area contributed by atoms with Gasteiger partial charge in [0.2, 0.25) is 10.0 Å². The Morgan fingerprint density at radius 2 is 1.71 bits per heavy atom. The van der Waals surface area contributed by atoms with Crippen molar-refractivity contribution in [2.45, 2.75) is 18.0 Å². The van der Waals surface area contributed by atoms with Gasteiger partial charge < -0.3 is 5.73 Å². The van der Waals surface area contributed by atoms with E-state index in [0.29, 0.717) is 11.6 Å². The molecule has 0 aliphatic carbocycles. The van der Waals surface area contributed by atoms with Crippen LogP contribution in [0, 0.1) is 11.6 Å². The third-order valence-corrected chi connectivity index (χ3v) is 4.39. The van der Waals surface area contributed by atoms with Crippen LogP contribution < -0.4 is 10.5 Å². The van der Waals surface area contributed by atoms with E-state index in [1.165, 1.54) is 0 Å². The topological polar surface area (TPSA) is 72.2 Å². The number of rotatable bonds is 5. The maximum absolute atomic E-state index is 13.5. The van der Waals surface area contributed by atoms with E-state index in [1.807, 2.05) is 0 Å². The monoisotopic (exact) mass is 312 g/mol. The Kier molecular flexibility index (Phi) is 4.66. The molecule has 0 saturated carbocycles. The molecule has 7 heteroatoms. The van der Waals surface area contributed by atoms with Gasteiger partial charge in [0.1, 0.15) is 16.5 Å². The third-order valence-electron chi connectivity index (χ3n) is 2.97. The number of sulfonamides is 1. The summed E-state index contributed by atoms with van der Waals surface area (Å²) in [6.45, 7) is 0.206. The lowest BCUT2D eigenvalue weighted by Gasteiger charge is -2.10. The maximum atomic E-state index is 13.5. The van der Waals surface area contributed by atoms with Gasteiger partial charge in [-0.25, -0.2) is 21.9 Å². The molecule has 2 aromatic rings. The van der Waals surface area contributed by atoms with Crippen LogP contribution in [-0.2, 0) is 23.1 Å². The molecule has 3 N–H and O–H groups in total. The number of hydrogen-bond donors (Lipinski definition) is 2. The molecule has 0 bridgehead atoms. The average Bonchev–Trinajstić information content (AvgIpc) is 2.48. The van der Waals surface area contributed by atoms with Gasteiger partial charge >= 0.3 is 0 Å². The molecule has 0 aromatic heterocycles. The van der Waals surface area contributed by atoms with Gasteiger partial charge in [-0.2, -0.15) is 0 Å². The summed E-state index contributed by atoms with van der Waals surface area (Å²) in [6.07, 6.45) is 0. The molecule has 0 aliphatic rings. The Labute approximate surface area is 121 Å². The van der Waals surface area contributed by atoms with Crippen molar-refractivity contribution in [3.05, 3.63) is 65.2 Å². The number of benzene rings is 2. The van der Waals surface area contributed by atoms with Gasteiger partial charge in [-0.3, -0.25) is 0 Å². The van der Waals surface area contributed by atoms with E-state index in [1.54, 1.807) is 24.3 Å². The van der Waals surface area contributed by atoms with E-state index in [9.17, 15) is 17.2 Å². The molecule has 2 rings (SSSR count). The largest absolute Gasteiger partial charge is 0.326 e. The minimum atomic E-state index is -4.14. The molecule has 0 spiro atoms. The molecule has 112 valence electrons. The molecular weight excluding hydrogens is 298 g/mol. The molecule has 0 unspecified atom stereocenters. The van der Waals surface area contributed by atoms with Crippen molar-refractivity contribution in [1.82, 2.24) is 4.72 Å². The molecule has 21 heavy (non-hydrogen) atoms. The van der Waals surface area contributed by atoms with Crippen molar-refractivity contribution in [3.63, 3.8) is 0 Å². The van der Waals surface area contributed by atoms with Crippen molar-refractivity contribution in [2.75, 3.05) is 0 Å². The first-order valence-electron chi connectivity index (χ1n) is 6.15. The normalized spacial score (nSPS) is 11.6. The summed E-state index contributed by atoms with van der Waals surface area (Å²) in [5.74, 6) is -1.82. The summed E-state index contributed by atoms with van der Waals surface area (Å²) in [5, 5.41) is 0. The lowest BCUT2D eigenvalue weighted by Crippen LogP contribution is -2.25. The van der Waals surface area contributed by atoms with Gasteiger partial charge in [0.15, 0.2) is 0 Å². The highest BCUT2D eigenvalue weighted by Gasteiger charge is 2.19. The average molecular weight is 312 g/mol. The zero-order valence-electron chi connectivity index (χ0n) is 11.0. The smallest absolute Gasteiger partial charge is 0.243 e. The van der Waals surface area contributed by atoms with Crippen molar-refractivity contribution in [3.8, 4) is 0 Å². The van der Waals surface area contributed by atoms with E-state index in [4.69, 9.17) is 5.73 Å². The van der Waals surface area contributed by atoms with Gasteiger partial charge in [-0.15, -0.1) is 0 Å². The molecule has 0 atom stereocenters. The van der Waals surface area contributed by atoms with E-state index < -0.39 is 26.6 Å². The summed E-state index contributed by atoms with van der Waals surface area (Å²) in [4.78, 5) is -0.715. The Morgan fingerprint density at radius 1 is 1.05 bits per heavy atom. The molecular formula is C14H14F2N2O2S. The molecule has 4 nitrogen and oxygen atoms in total. The zero-order chi connectivity index (χ0) is 15.5. The van der Waals surface area contributed by atoms with Gasteiger partial charge in [0.25, 0.3) is 0 Å². The highest BCUT2D eigenvalue weighted by Crippen LogP contribution is 2.16. The Morgan fingerprint density at radius 3 is 2.38 bits per heavy atom. The number of halogens is 2. The molecule has 0 amide bonds. The second kappa shape index (κ2) is 6.30. The lowest BCUT2D eigenvalue weighted by atomic mass is 10.1. The first-order chi connectivity index (χ1) is 9.94. The predicted octanol–water partition coefficient (Wildman–Crippen LogP) is 1.90.